The maximum Gasteiger partial charge on any atom is 0.232 e. The van der Waals surface area contributed by atoms with Crippen LogP contribution in [0.4, 0.5) is 5.69 Å². The van der Waals surface area contributed by atoms with Crippen molar-refractivity contribution < 1.29 is 27.4 Å². The Morgan fingerprint density at radius 3 is 2.45 bits per heavy atom. The lowest BCUT2D eigenvalue weighted by atomic mass is 10.1. The van der Waals surface area contributed by atoms with E-state index in [2.05, 4.69) is 5.32 Å². The predicted molar refractivity (Wildman–Crippen MR) is 118 cm³/mol. The number of rotatable bonds is 9. The molecule has 1 N–H and O–H groups in total. The second kappa shape index (κ2) is 9.91. The minimum Gasteiger partial charge on any atom is -0.497 e. The van der Waals surface area contributed by atoms with Crippen molar-refractivity contribution in [2.45, 2.75) is 25.8 Å². The highest BCUT2D eigenvalue weighted by Crippen LogP contribution is 2.34. The third-order valence-corrected chi connectivity index (χ3v) is 6.17. The smallest absolute Gasteiger partial charge is 0.232 e. The van der Waals surface area contributed by atoms with Gasteiger partial charge in [0.2, 0.25) is 15.9 Å². The van der Waals surface area contributed by atoms with E-state index in [0.29, 0.717) is 36.8 Å². The first-order valence-corrected chi connectivity index (χ1v) is 11.9. The summed E-state index contributed by atoms with van der Waals surface area (Å²) >= 11 is 0. The number of hydrogen-bond donors (Lipinski definition) is 1. The number of amides is 1. The molecule has 2 aromatic rings. The normalized spacial score (nSPS) is 13.9. The molecule has 0 spiro atoms. The van der Waals surface area contributed by atoms with Gasteiger partial charge >= 0.3 is 0 Å². The summed E-state index contributed by atoms with van der Waals surface area (Å²) in [7, 11) is -1.92. The van der Waals surface area contributed by atoms with Crippen LogP contribution in [-0.2, 0) is 14.8 Å². The summed E-state index contributed by atoms with van der Waals surface area (Å²) in [5, 5.41) is 2.94. The van der Waals surface area contributed by atoms with Gasteiger partial charge in [0.15, 0.2) is 11.5 Å². The van der Waals surface area contributed by atoms with Crippen LogP contribution >= 0.6 is 0 Å². The largest absolute Gasteiger partial charge is 0.497 e. The number of sulfonamides is 1. The van der Waals surface area contributed by atoms with E-state index in [0.717, 1.165) is 17.6 Å². The van der Waals surface area contributed by atoms with Gasteiger partial charge < -0.3 is 19.5 Å². The lowest BCUT2D eigenvalue weighted by molar-refractivity contribution is -0.121. The van der Waals surface area contributed by atoms with Crippen LogP contribution in [0.1, 0.15) is 31.4 Å². The minimum atomic E-state index is -3.52. The van der Waals surface area contributed by atoms with Gasteiger partial charge in [-0.3, -0.25) is 9.10 Å². The molecular formula is C22H28N2O6S. The van der Waals surface area contributed by atoms with Gasteiger partial charge in [0.1, 0.15) is 19.0 Å². The number of anilines is 1. The molecule has 0 saturated carbocycles. The molecule has 1 atom stereocenters. The molecule has 1 aliphatic heterocycles. The quantitative estimate of drug-likeness (QED) is 0.634. The van der Waals surface area contributed by atoms with Crippen LogP contribution in [0.2, 0.25) is 0 Å². The van der Waals surface area contributed by atoms with Crippen molar-refractivity contribution in [1.82, 2.24) is 5.32 Å². The first-order valence-electron chi connectivity index (χ1n) is 10.1. The second-order valence-corrected chi connectivity index (χ2v) is 9.24. The number of nitrogens with zero attached hydrogens (tertiary/aromatic N) is 1. The van der Waals surface area contributed by atoms with Crippen LogP contribution in [0.3, 0.4) is 0 Å². The molecule has 0 bridgehead atoms. The van der Waals surface area contributed by atoms with Gasteiger partial charge in [-0.1, -0.05) is 12.1 Å². The van der Waals surface area contributed by atoms with Gasteiger partial charge in [-0.15, -0.1) is 0 Å². The van der Waals surface area contributed by atoms with E-state index < -0.39 is 10.0 Å². The Morgan fingerprint density at radius 2 is 1.81 bits per heavy atom. The predicted octanol–water partition coefficient (Wildman–Crippen LogP) is 2.89. The highest BCUT2D eigenvalue weighted by Gasteiger charge is 2.21. The maximum absolute atomic E-state index is 12.4. The standard InChI is InChI=1S/C22H28N2O6S/c1-16(17-6-9-19(28-2)10-7-17)23-22(25)5-4-12-24(31(3,26)27)18-8-11-20-21(15-18)30-14-13-29-20/h6-11,15-16H,4-5,12-14H2,1-3H3,(H,23,25). The third kappa shape index (κ3) is 6.04. The van der Waals surface area contributed by atoms with E-state index in [-0.39, 0.29) is 24.9 Å². The zero-order valence-corrected chi connectivity index (χ0v) is 18.8. The number of carbonyl (C=O) groups excluding carboxylic acids is 1. The molecule has 168 valence electrons. The van der Waals surface area contributed by atoms with Crippen molar-refractivity contribution in [3.8, 4) is 17.2 Å². The molecule has 2 aromatic carbocycles. The van der Waals surface area contributed by atoms with Gasteiger partial charge in [-0.05, 0) is 43.2 Å². The molecule has 0 radical (unpaired) electrons. The minimum absolute atomic E-state index is 0.140. The Bertz CT molecular complexity index is 1010. The van der Waals surface area contributed by atoms with Crippen LogP contribution in [0.15, 0.2) is 42.5 Å². The van der Waals surface area contributed by atoms with E-state index >= 15 is 0 Å². The van der Waals surface area contributed by atoms with Gasteiger partial charge in [0.25, 0.3) is 0 Å². The summed E-state index contributed by atoms with van der Waals surface area (Å²) in [5.41, 5.74) is 1.45. The van der Waals surface area contributed by atoms with Gasteiger partial charge in [-0.2, -0.15) is 0 Å². The zero-order chi connectivity index (χ0) is 22.4. The van der Waals surface area contributed by atoms with Crippen molar-refractivity contribution in [1.29, 1.82) is 0 Å². The highest BCUT2D eigenvalue weighted by molar-refractivity contribution is 7.92. The summed E-state index contributed by atoms with van der Waals surface area (Å²) in [4.78, 5) is 12.4. The van der Waals surface area contributed by atoms with Crippen molar-refractivity contribution in [3.63, 3.8) is 0 Å². The average molecular weight is 449 g/mol. The SMILES string of the molecule is COc1ccc(C(C)NC(=O)CCCN(c2ccc3c(c2)OCCO3)S(C)(=O)=O)cc1. The summed E-state index contributed by atoms with van der Waals surface area (Å²) in [5.74, 6) is 1.72. The first kappa shape index (κ1) is 22.7. The summed E-state index contributed by atoms with van der Waals surface area (Å²) in [6, 6.07) is 12.4. The Hall–Kier alpha value is -2.94. The Balaban J connectivity index is 1.57. The van der Waals surface area contributed by atoms with Crippen LogP contribution in [0, 0.1) is 0 Å². The third-order valence-electron chi connectivity index (χ3n) is 4.97. The number of methoxy groups -OCH3 is 1. The number of carbonyl (C=O) groups is 1. The molecule has 9 heteroatoms. The summed E-state index contributed by atoms with van der Waals surface area (Å²) in [6.07, 6.45) is 1.73. The zero-order valence-electron chi connectivity index (χ0n) is 18.0. The van der Waals surface area contributed by atoms with E-state index in [9.17, 15) is 13.2 Å². The first-order chi connectivity index (χ1) is 14.8. The van der Waals surface area contributed by atoms with E-state index in [1.54, 1.807) is 25.3 Å². The van der Waals surface area contributed by atoms with E-state index in [1.807, 2.05) is 31.2 Å². The lowest BCUT2D eigenvalue weighted by Crippen LogP contribution is -2.32. The molecule has 31 heavy (non-hydrogen) atoms. The van der Waals surface area contributed by atoms with Gasteiger partial charge in [-0.25, -0.2) is 8.42 Å². The van der Waals surface area contributed by atoms with Crippen LogP contribution in [0.25, 0.3) is 0 Å². The topological polar surface area (TPSA) is 94.2 Å². The van der Waals surface area contributed by atoms with Gasteiger partial charge in [0, 0.05) is 19.0 Å². The molecule has 3 rings (SSSR count). The van der Waals surface area contributed by atoms with Crippen molar-refractivity contribution in [2.75, 3.05) is 37.4 Å². The summed E-state index contributed by atoms with van der Waals surface area (Å²) < 4.78 is 42.1. The number of ether oxygens (including phenoxy) is 3. The number of fused-ring (bicyclic) bond motifs is 1. The fourth-order valence-electron chi connectivity index (χ4n) is 3.35. The fraction of sp³-hybridized carbons (Fsp3) is 0.409. The van der Waals surface area contributed by atoms with Crippen LogP contribution in [-0.4, -0.2) is 47.4 Å². The monoisotopic (exact) mass is 448 g/mol. The fourth-order valence-corrected chi connectivity index (χ4v) is 4.30. The molecule has 1 heterocycles. The lowest BCUT2D eigenvalue weighted by Gasteiger charge is -2.25. The number of benzene rings is 2. The average Bonchev–Trinajstić information content (AvgIpc) is 2.75. The van der Waals surface area contributed by atoms with E-state index in [4.69, 9.17) is 14.2 Å². The Morgan fingerprint density at radius 1 is 1.13 bits per heavy atom. The maximum atomic E-state index is 12.4. The van der Waals surface area contributed by atoms with Gasteiger partial charge in [0.05, 0.1) is 25.1 Å². The molecule has 1 amide bonds. The van der Waals surface area contributed by atoms with Crippen LogP contribution < -0.4 is 23.8 Å². The number of nitrogens with one attached hydrogen (secondary N) is 1. The second-order valence-electron chi connectivity index (χ2n) is 7.33. The molecule has 0 aromatic heterocycles. The molecule has 0 aliphatic carbocycles. The molecular weight excluding hydrogens is 420 g/mol. The highest BCUT2D eigenvalue weighted by atomic mass is 32.2. The number of hydrogen-bond acceptors (Lipinski definition) is 6. The van der Waals surface area contributed by atoms with Crippen molar-refractivity contribution >= 4 is 21.6 Å². The van der Waals surface area contributed by atoms with Crippen molar-refractivity contribution in [3.05, 3.63) is 48.0 Å². The van der Waals surface area contributed by atoms with Crippen LogP contribution in [0.5, 0.6) is 17.2 Å². The Kier molecular flexibility index (Phi) is 7.27. The van der Waals surface area contributed by atoms with Crippen molar-refractivity contribution in [2.24, 2.45) is 0 Å². The molecule has 8 nitrogen and oxygen atoms in total. The molecule has 1 unspecified atom stereocenters. The summed E-state index contributed by atoms with van der Waals surface area (Å²) in [6.45, 7) is 2.97. The van der Waals surface area contributed by atoms with E-state index in [1.165, 1.54) is 4.31 Å². The molecule has 0 fully saturated rings. The Labute approximate surface area is 183 Å². The molecule has 0 saturated heterocycles. The molecule has 1 aliphatic rings.